The first-order valence-corrected chi connectivity index (χ1v) is 9.67. The van der Waals surface area contributed by atoms with Crippen molar-refractivity contribution in [1.82, 2.24) is 0 Å². The molecule has 0 aliphatic rings. The van der Waals surface area contributed by atoms with E-state index in [1.54, 1.807) is 26.8 Å². The topological polar surface area (TPSA) is 81.7 Å². The number of hydrogen-bond acceptors (Lipinski definition) is 7. The molecule has 1 N–H and O–H groups in total. The monoisotopic (exact) mass is 393 g/mol. The predicted octanol–water partition coefficient (Wildman–Crippen LogP) is 4.12. The Morgan fingerprint density at radius 2 is 1.85 bits per heavy atom. The van der Waals surface area contributed by atoms with Crippen LogP contribution in [-0.2, 0) is 14.3 Å². The van der Waals surface area contributed by atoms with Crippen LogP contribution >= 0.6 is 22.7 Å². The molecule has 0 aliphatic carbocycles. The molecule has 2 aromatic heterocycles. The Bertz CT molecular complexity index is 821. The van der Waals surface area contributed by atoms with Crippen LogP contribution in [0.1, 0.15) is 44.3 Å². The molecular formula is C18H19NO5S2. The van der Waals surface area contributed by atoms with Gasteiger partial charge < -0.3 is 14.8 Å². The quantitative estimate of drug-likeness (QED) is 0.565. The molecular weight excluding hydrogens is 374 g/mol. The van der Waals surface area contributed by atoms with Crippen molar-refractivity contribution in [3.8, 4) is 0 Å². The van der Waals surface area contributed by atoms with E-state index in [9.17, 15) is 14.4 Å². The van der Waals surface area contributed by atoms with E-state index in [1.165, 1.54) is 17.4 Å². The lowest BCUT2D eigenvalue weighted by molar-refractivity contribution is -0.111. The van der Waals surface area contributed by atoms with Gasteiger partial charge in [0, 0.05) is 11.0 Å². The minimum atomic E-state index is -0.589. The molecule has 0 atom stereocenters. The maximum absolute atomic E-state index is 12.3. The van der Waals surface area contributed by atoms with Gasteiger partial charge in [0.15, 0.2) is 0 Å². The third kappa shape index (κ3) is 4.80. The molecule has 0 fully saturated rings. The second-order valence-corrected chi connectivity index (χ2v) is 7.04. The van der Waals surface area contributed by atoms with Crippen LogP contribution in [0.15, 0.2) is 23.6 Å². The van der Waals surface area contributed by atoms with Gasteiger partial charge in [-0.05, 0) is 43.9 Å². The second-order valence-electron chi connectivity index (χ2n) is 5.04. The molecule has 2 aromatic rings. The zero-order valence-corrected chi connectivity index (χ0v) is 16.3. The van der Waals surface area contributed by atoms with Crippen molar-refractivity contribution in [2.24, 2.45) is 0 Å². The van der Waals surface area contributed by atoms with Gasteiger partial charge in [0.25, 0.3) is 0 Å². The summed E-state index contributed by atoms with van der Waals surface area (Å²) in [5, 5.41) is 4.84. The van der Waals surface area contributed by atoms with E-state index in [0.717, 1.165) is 16.2 Å². The Labute approximate surface area is 159 Å². The molecule has 0 saturated carbocycles. The van der Waals surface area contributed by atoms with Crippen LogP contribution in [0, 0.1) is 6.92 Å². The standard InChI is InChI=1S/C18H19NO5S2/c1-4-23-17(21)14-11(3)15(18(22)24-5-2)26-16(14)19-13(20)9-8-12-7-6-10-25-12/h6-10H,4-5H2,1-3H3,(H,19,20). The summed E-state index contributed by atoms with van der Waals surface area (Å²) in [6.45, 7) is 5.43. The maximum atomic E-state index is 12.3. The van der Waals surface area contributed by atoms with E-state index in [2.05, 4.69) is 5.32 Å². The number of hydrogen-bond donors (Lipinski definition) is 1. The van der Waals surface area contributed by atoms with Gasteiger partial charge in [-0.25, -0.2) is 9.59 Å². The third-order valence-electron chi connectivity index (χ3n) is 3.27. The van der Waals surface area contributed by atoms with Crippen molar-refractivity contribution < 1.29 is 23.9 Å². The molecule has 0 saturated heterocycles. The van der Waals surface area contributed by atoms with Crippen molar-refractivity contribution >= 4 is 51.6 Å². The van der Waals surface area contributed by atoms with Crippen molar-refractivity contribution in [3.05, 3.63) is 44.5 Å². The summed E-state index contributed by atoms with van der Waals surface area (Å²) in [7, 11) is 0. The number of esters is 2. The van der Waals surface area contributed by atoms with Crippen LogP contribution in [0.4, 0.5) is 5.00 Å². The second kappa shape index (κ2) is 9.30. The van der Waals surface area contributed by atoms with Gasteiger partial charge in [-0.15, -0.1) is 22.7 Å². The number of anilines is 1. The van der Waals surface area contributed by atoms with E-state index >= 15 is 0 Å². The molecule has 0 unspecified atom stereocenters. The molecule has 138 valence electrons. The average Bonchev–Trinajstić information content (AvgIpc) is 3.21. The summed E-state index contributed by atoms with van der Waals surface area (Å²) in [5.41, 5.74) is 0.613. The third-order valence-corrected chi connectivity index (χ3v) is 5.29. The van der Waals surface area contributed by atoms with Gasteiger partial charge >= 0.3 is 11.9 Å². The molecule has 0 aliphatic heterocycles. The summed E-state index contributed by atoms with van der Waals surface area (Å²) in [5.74, 6) is -1.52. The van der Waals surface area contributed by atoms with Crippen molar-refractivity contribution in [1.29, 1.82) is 0 Å². The largest absolute Gasteiger partial charge is 0.462 e. The Hall–Kier alpha value is -2.45. The molecule has 0 bridgehead atoms. The van der Waals surface area contributed by atoms with E-state index in [1.807, 2.05) is 17.5 Å². The zero-order valence-electron chi connectivity index (χ0n) is 14.7. The molecule has 0 radical (unpaired) electrons. The van der Waals surface area contributed by atoms with Crippen LogP contribution in [-0.4, -0.2) is 31.1 Å². The first-order chi connectivity index (χ1) is 12.5. The lowest BCUT2D eigenvalue weighted by atomic mass is 10.1. The lowest BCUT2D eigenvalue weighted by Gasteiger charge is -2.05. The average molecular weight is 393 g/mol. The van der Waals surface area contributed by atoms with Gasteiger partial charge in [-0.3, -0.25) is 4.79 Å². The molecule has 8 heteroatoms. The van der Waals surface area contributed by atoms with Crippen molar-refractivity contribution in [2.45, 2.75) is 20.8 Å². The normalized spacial score (nSPS) is 10.7. The number of rotatable bonds is 7. The Morgan fingerprint density at radius 3 is 2.46 bits per heavy atom. The number of thiophene rings is 2. The van der Waals surface area contributed by atoms with Crippen LogP contribution in [0.2, 0.25) is 0 Å². The maximum Gasteiger partial charge on any atom is 0.348 e. The zero-order chi connectivity index (χ0) is 19.1. The smallest absolute Gasteiger partial charge is 0.348 e. The van der Waals surface area contributed by atoms with E-state index < -0.39 is 17.8 Å². The highest BCUT2D eigenvalue weighted by Gasteiger charge is 2.26. The molecule has 0 spiro atoms. The Balaban J connectivity index is 2.29. The fourth-order valence-corrected chi connectivity index (χ4v) is 3.85. The summed E-state index contributed by atoms with van der Waals surface area (Å²) in [4.78, 5) is 37.8. The van der Waals surface area contributed by atoms with E-state index in [0.29, 0.717) is 5.56 Å². The van der Waals surface area contributed by atoms with Gasteiger partial charge in [0.05, 0.1) is 18.8 Å². The van der Waals surface area contributed by atoms with Crippen LogP contribution in [0.5, 0.6) is 0 Å². The Kier molecular flexibility index (Phi) is 7.11. The van der Waals surface area contributed by atoms with Crippen molar-refractivity contribution in [2.75, 3.05) is 18.5 Å². The van der Waals surface area contributed by atoms with Crippen molar-refractivity contribution in [3.63, 3.8) is 0 Å². The first kappa shape index (κ1) is 19.9. The van der Waals surface area contributed by atoms with Crippen LogP contribution in [0.25, 0.3) is 6.08 Å². The SMILES string of the molecule is CCOC(=O)c1sc(NC(=O)C=Cc2cccs2)c(C(=O)OCC)c1C. The molecule has 2 heterocycles. The minimum absolute atomic E-state index is 0.178. The van der Waals surface area contributed by atoms with E-state index in [-0.39, 0.29) is 28.7 Å². The van der Waals surface area contributed by atoms with Gasteiger partial charge in [-0.1, -0.05) is 6.07 Å². The minimum Gasteiger partial charge on any atom is -0.462 e. The summed E-state index contributed by atoms with van der Waals surface area (Å²) in [6, 6.07) is 3.77. The number of amides is 1. The summed E-state index contributed by atoms with van der Waals surface area (Å²) in [6.07, 6.45) is 3.05. The van der Waals surface area contributed by atoms with E-state index in [4.69, 9.17) is 9.47 Å². The summed E-state index contributed by atoms with van der Waals surface area (Å²) < 4.78 is 10.1. The highest BCUT2D eigenvalue weighted by molar-refractivity contribution is 7.18. The van der Waals surface area contributed by atoms with Crippen LogP contribution < -0.4 is 5.32 Å². The van der Waals surface area contributed by atoms with Gasteiger partial charge in [0.2, 0.25) is 5.91 Å². The molecule has 6 nitrogen and oxygen atoms in total. The fraction of sp³-hybridized carbons (Fsp3) is 0.278. The highest BCUT2D eigenvalue weighted by atomic mass is 32.1. The summed E-state index contributed by atoms with van der Waals surface area (Å²) >= 11 is 2.50. The number of ether oxygens (including phenoxy) is 2. The molecule has 0 aromatic carbocycles. The van der Waals surface area contributed by atoms with Crippen LogP contribution in [0.3, 0.4) is 0 Å². The number of nitrogens with one attached hydrogen (secondary N) is 1. The Morgan fingerprint density at radius 1 is 1.15 bits per heavy atom. The molecule has 1 amide bonds. The predicted molar refractivity (Wildman–Crippen MR) is 103 cm³/mol. The van der Waals surface area contributed by atoms with Gasteiger partial charge in [-0.2, -0.15) is 0 Å². The fourth-order valence-electron chi connectivity index (χ4n) is 2.14. The van der Waals surface area contributed by atoms with Gasteiger partial charge in [0.1, 0.15) is 9.88 Å². The first-order valence-electron chi connectivity index (χ1n) is 7.98. The number of carbonyl (C=O) groups is 3. The number of carbonyl (C=O) groups excluding carboxylic acids is 3. The highest BCUT2D eigenvalue weighted by Crippen LogP contribution is 2.34. The molecule has 2 rings (SSSR count). The lowest BCUT2D eigenvalue weighted by Crippen LogP contribution is -2.12. The molecule has 26 heavy (non-hydrogen) atoms.